The quantitative estimate of drug-likeness (QED) is 0.552. The van der Waals surface area contributed by atoms with Crippen molar-refractivity contribution in [1.82, 2.24) is 4.98 Å². The summed E-state index contributed by atoms with van der Waals surface area (Å²) in [4.78, 5) is 4.26. The van der Waals surface area contributed by atoms with Crippen molar-refractivity contribution in [2.75, 3.05) is 0 Å². The second-order valence-corrected chi connectivity index (χ2v) is 2.65. The molecule has 0 atom stereocenters. The van der Waals surface area contributed by atoms with Gasteiger partial charge in [0.15, 0.2) is 0 Å². The zero-order chi connectivity index (χ0) is 7.68. The molecular weight excluding hydrogens is 134 g/mol. The first-order valence-corrected chi connectivity index (χ1v) is 3.68. The molecule has 0 fully saturated rings. The zero-order valence-electron chi connectivity index (χ0n) is 6.41. The fourth-order valence-corrected chi connectivity index (χ4v) is 1.22. The van der Waals surface area contributed by atoms with Gasteiger partial charge in [-0.2, -0.15) is 0 Å². The van der Waals surface area contributed by atoms with Crippen molar-refractivity contribution in [3.05, 3.63) is 42.1 Å². The third kappa shape index (κ3) is 0.984. The van der Waals surface area contributed by atoms with E-state index in [2.05, 4.69) is 18.0 Å². The summed E-state index contributed by atoms with van der Waals surface area (Å²) >= 11 is 0. The Morgan fingerprint density at radius 3 is 2.82 bits per heavy atom. The van der Waals surface area contributed by atoms with Crippen molar-refractivity contribution in [3.63, 3.8) is 0 Å². The van der Waals surface area contributed by atoms with Gasteiger partial charge in [0.2, 0.25) is 0 Å². The minimum atomic E-state index is 1.08. The number of hydrogen-bond acceptors (Lipinski definition) is 1. The number of aryl methyl sites for hydroxylation is 1. The van der Waals surface area contributed by atoms with Gasteiger partial charge < -0.3 is 0 Å². The molecule has 1 heterocycles. The molecule has 2 aliphatic rings. The molecule has 0 bridgehead atoms. The van der Waals surface area contributed by atoms with Crippen molar-refractivity contribution in [3.8, 4) is 11.3 Å². The van der Waals surface area contributed by atoms with Crippen LogP contribution < -0.4 is 0 Å². The Labute approximate surface area is 66.1 Å². The fourth-order valence-electron chi connectivity index (χ4n) is 1.22. The van der Waals surface area contributed by atoms with E-state index in [1.807, 2.05) is 30.5 Å². The predicted octanol–water partition coefficient (Wildman–Crippen LogP) is 2.49. The molecule has 0 aromatic heterocycles. The Morgan fingerprint density at radius 2 is 1.91 bits per heavy atom. The standard InChI is InChI=1S/C10H9N/c1-8-7-11-10-6-4-2-3-5-9(8)10/h2-7H,1H3. The highest BCUT2D eigenvalue weighted by Gasteiger charge is 2.03. The van der Waals surface area contributed by atoms with Gasteiger partial charge in [-0.25, -0.2) is 0 Å². The van der Waals surface area contributed by atoms with Gasteiger partial charge in [-0.05, 0) is 18.6 Å². The highest BCUT2D eigenvalue weighted by atomic mass is 14.7. The summed E-state index contributed by atoms with van der Waals surface area (Å²) in [7, 11) is 0. The van der Waals surface area contributed by atoms with E-state index in [0.29, 0.717) is 0 Å². The molecule has 0 aromatic rings. The molecule has 1 aliphatic carbocycles. The van der Waals surface area contributed by atoms with Gasteiger partial charge in [-0.3, -0.25) is 4.98 Å². The molecule has 2 rings (SSSR count). The Balaban J connectivity index is 2.75. The minimum Gasteiger partial charge on any atom is -0.256 e. The molecule has 0 radical (unpaired) electrons. The molecule has 1 nitrogen and oxygen atoms in total. The lowest BCUT2D eigenvalue weighted by Crippen LogP contribution is -1.69. The van der Waals surface area contributed by atoms with Crippen molar-refractivity contribution in [2.45, 2.75) is 6.92 Å². The van der Waals surface area contributed by atoms with Crippen LogP contribution in [0.15, 0.2) is 36.5 Å². The van der Waals surface area contributed by atoms with E-state index in [0.717, 1.165) is 5.69 Å². The lowest BCUT2D eigenvalue weighted by atomic mass is 10.1. The summed E-state index contributed by atoms with van der Waals surface area (Å²) in [6.07, 6.45) is 1.91. The van der Waals surface area contributed by atoms with E-state index in [-0.39, 0.29) is 0 Å². The number of rotatable bonds is 0. The highest BCUT2D eigenvalue weighted by molar-refractivity contribution is 5.64. The molecule has 0 aromatic carbocycles. The Hall–Kier alpha value is -1.37. The van der Waals surface area contributed by atoms with E-state index in [1.54, 1.807) is 0 Å². The molecule has 0 saturated heterocycles. The van der Waals surface area contributed by atoms with Gasteiger partial charge in [0.05, 0.1) is 5.69 Å². The van der Waals surface area contributed by atoms with E-state index in [1.165, 1.54) is 11.1 Å². The van der Waals surface area contributed by atoms with Crippen LogP contribution in [0.2, 0.25) is 0 Å². The molecule has 0 unspecified atom stereocenters. The molecule has 0 N–H and O–H groups in total. The van der Waals surface area contributed by atoms with Crippen LogP contribution in [0.25, 0.3) is 11.3 Å². The summed E-state index contributed by atoms with van der Waals surface area (Å²) in [5.41, 5.74) is 3.57. The van der Waals surface area contributed by atoms with Crippen LogP contribution in [0.3, 0.4) is 0 Å². The molecule has 0 saturated carbocycles. The molecular formula is C10H9N. The third-order valence-corrected chi connectivity index (χ3v) is 1.84. The second-order valence-electron chi connectivity index (χ2n) is 2.65. The molecule has 54 valence electrons. The fraction of sp³-hybridized carbons (Fsp3) is 0.100. The van der Waals surface area contributed by atoms with Crippen LogP contribution >= 0.6 is 0 Å². The topological polar surface area (TPSA) is 12.9 Å². The first-order valence-electron chi connectivity index (χ1n) is 3.68. The smallest absolute Gasteiger partial charge is 0.0705 e. The summed E-state index contributed by atoms with van der Waals surface area (Å²) in [5, 5.41) is 0. The van der Waals surface area contributed by atoms with Gasteiger partial charge >= 0.3 is 0 Å². The van der Waals surface area contributed by atoms with Crippen LogP contribution in [-0.4, -0.2) is 4.98 Å². The normalized spacial score (nSPS) is 10.3. The lowest BCUT2D eigenvalue weighted by Gasteiger charge is -1.88. The third-order valence-electron chi connectivity index (χ3n) is 1.84. The average molecular weight is 143 g/mol. The van der Waals surface area contributed by atoms with Gasteiger partial charge in [-0.1, -0.05) is 24.3 Å². The Bertz CT molecular complexity index is 341. The van der Waals surface area contributed by atoms with Gasteiger partial charge in [0.1, 0.15) is 0 Å². The average Bonchev–Trinajstić information content (AvgIpc) is 2.25. The summed E-state index contributed by atoms with van der Waals surface area (Å²) < 4.78 is 0. The maximum Gasteiger partial charge on any atom is 0.0705 e. The maximum absolute atomic E-state index is 4.26. The summed E-state index contributed by atoms with van der Waals surface area (Å²) in [6, 6.07) is 10.2. The Kier molecular flexibility index (Phi) is 1.35. The first kappa shape index (κ1) is 6.35. The monoisotopic (exact) mass is 143 g/mol. The number of hydrogen-bond donors (Lipinski definition) is 0. The maximum atomic E-state index is 4.26. The second kappa shape index (κ2) is 2.35. The molecule has 1 heteroatoms. The summed E-state index contributed by atoms with van der Waals surface area (Å²) in [6.45, 7) is 2.08. The number of fused-ring (bicyclic) bond motifs is 1. The van der Waals surface area contributed by atoms with Crippen molar-refractivity contribution in [1.29, 1.82) is 0 Å². The molecule has 0 spiro atoms. The number of nitrogens with zero attached hydrogens (tertiary/aromatic N) is 1. The van der Waals surface area contributed by atoms with Crippen LogP contribution in [-0.2, 0) is 0 Å². The predicted molar refractivity (Wildman–Crippen MR) is 45.6 cm³/mol. The van der Waals surface area contributed by atoms with E-state index in [9.17, 15) is 0 Å². The van der Waals surface area contributed by atoms with Crippen molar-refractivity contribution in [2.24, 2.45) is 0 Å². The van der Waals surface area contributed by atoms with Crippen molar-refractivity contribution >= 4 is 0 Å². The molecule has 0 amide bonds. The van der Waals surface area contributed by atoms with E-state index < -0.39 is 0 Å². The Morgan fingerprint density at radius 1 is 1.09 bits per heavy atom. The minimum absolute atomic E-state index is 1.08. The van der Waals surface area contributed by atoms with Crippen molar-refractivity contribution < 1.29 is 0 Å². The van der Waals surface area contributed by atoms with Gasteiger partial charge in [0, 0.05) is 11.8 Å². The van der Waals surface area contributed by atoms with Gasteiger partial charge in [-0.15, -0.1) is 0 Å². The van der Waals surface area contributed by atoms with Crippen LogP contribution in [0.4, 0.5) is 0 Å². The molecule has 11 heavy (non-hydrogen) atoms. The van der Waals surface area contributed by atoms with Crippen LogP contribution in [0.5, 0.6) is 0 Å². The number of aromatic nitrogens is 1. The lowest BCUT2D eigenvalue weighted by molar-refractivity contribution is 1.40. The SMILES string of the molecule is Cc1cnc2cccccc1-2. The van der Waals surface area contributed by atoms with Gasteiger partial charge in [0.25, 0.3) is 0 Å². The molecule has 1 aliphatic heterocycles. The highest BCUT2D eigenvalue weighted by Crippen LogP contribution is 2.21. The zero-order valence-corrected chi connectivity index (χ0v) is 6.41. The van der Waals surface area contributed by atoms with E-state index >= 15 is 0 Å². The van der Waals surface area contributed by atoms with Crippen LogP contribution in [0, 0.1) is 6.92 Å². The van der Waals surface area contributed by atoms with Crippen LogP contribution in [0.1, 0.15) is 5.56 Å². The summed E-state index contributed by atoms with van der Waals surface area (Å²) in [5.74, 6) is 0. The largest absolute Gasteiger partial charge is 0.256 e. The first-order chi connectivity index (χ1) is 5.38. The van der Waals surface area contributed by atoms with E-state index in [4.69, 9.17) is 0 Å².